The van der Waals surface area contributed by atoms with Gasteiger partial charge in [-0.3, -0.25) is 4.57 Å². The van der Waals surface area contributed by atoms with Crippen LogP contribution in [0.3, 0.4) is 0 Å². The van der Waals surface area contributed by atoms with Crippen molar-refractivity contribution in [1.82, 2.24) is 0 Å². The average Bonchev–Trinajstić information content (AvgIpc) is 2.01. The summed E-state index contributed by atoms with van der Waals surface area (Å²) in [4.78, 5) is 0. The SMILES string of the molecule is CCOP(=O)(CSC(F)(F)F)OCC. The predicted molar refractivity (Wildman–Crippen MR) is 49.4 cm³/mol. The van der Waals surface area contributed by atoms with Crippen LogP contribution in [-0.4, -0.2) is 24.2 Å². The summed E-state index contributed by atoms with van der Waals surface area (Å²) in [7, 11) is -3.57. The number of alkyl halides is 3. The average molecular weight is 252 g/mol. The van der Waals surface area contributed by atoms with Crippen molar-refractivity contribution in [2.75, 3.05) is 18.7 Å². The van der Waals surface area contributed by atoms with Crippen LogP contribution in [0.25, 0.3) is 0 Å². The van der Waals surface area contributed by atoms with Gasteiger partial charge in [0.05, 0.1) is 13.2 Å². The van der Waals surface area contributed by atoms with Gasteiger partial charge >= 0.3 is 13.1 Å². The Balaban J connectivity index is 4.16. The number of halogens is 3. The summed E-state index contributed by atoms with van der Waals surface area (Å²) in [6.45, 7) is 3.22. The summed E-state index contributed by atoms with van der Waals surface area (Å²) < 4.78 is 56.2. The van der Waals surface area contributed by atoms with Crippen LogP contribution in [0.4, 0.5) is 13.2 Å². The Labute approximate surface area is 84.9 Å². The van der Waals surface area contributed by atoms with E-state index < -0.39 is 30.4 Å². The van der Waals surface area contributed by atoms with E-state index in [2.05, 4.69) is 9.05 Å². The maximum absolute atomic E-state index is 11.8. The Morgan fingerprint density at radius 3 is 1.93 bits per heavy atom. The van der Waals surface area contributed by atoms with Crippen LogP contribution in [0.15, 0.2) is 0 Å². The molecule has 0 aliphatic rings. The maximum atomic E-state index is 11.8. The van der Waals surface area contributed by atoms with Gasteiger partial charge in [0, 0.05) is 0 Å². The Kier molecular flexibility index (Phi) is 6.12. The molecular weight excluding hydrogens is 240 g/mol. The van der Waals surface area contributed by atoms with E-state index in [4.69, 9.17) is 0 Å². The molecule has 0 aromatic rings. The molecule has 0 rings (SSSR count). The molecule has 0 saturated heterocycles. The van der Waals surface area contributed by atoms with Gasteiger partial charge in [-0.1, -0.05) is 0 Å². The van der Waals surface area contributed by atoms with Crippen molar-refractivity contribution < 1.29 is 26.8 Å². The monoisotopic (exact) mass is 252 g/mol. The zero-order valence-corrected chi connectivity index (χ0v) is 9.55. The molecule has 0 atom stereocenters. The summed E-state index contributed by atoms with van der Waals surface area (Å²) >= 11 is -0.393. The third kappa shape index (κ3) is 6.70. The molecule has 0 aromatic heterocycles. The van der Waals surface area contributed by atoms with E-state index >= 15 is 0 Å². The van der Waals surface area contributed by atoms with Gasteiger partial charge in [0.2, 0.25) is 0 Å². The molecule has 86 valence electrons. The van der Waals surface area contributed by atoms with Gasteiger partial charge in [-0.05, 0) is 25.6 Å². The lowest BCUT2D eigenvalue weighted by Crippen LogP contribution is -2.05. The van der Waals surface area contributed by atoms with Crippen LogP contribution in [0.1, 0.15) is 13.8 Å². The van der Waals surface area contributed by atoms with Crippen molar-refractivity contribution in [1.29, 1.82) is 0 Å². The molecule has 0 amide bonds. The van der Waals surface area contributed by atoms with Crippen molar-refractivity contribution in [3.05, 3.63) is 0 Å². The highest BCUT2D eigenvalue weighted by Gasteiger charge is 2.34. The first kappa shape index (κ1) is 14.3. The van der Waals surface area contributed by atoms with E-state index in [0.717, 1.165) is 0 Å². The fourth-order valence-electron chi connectivity index (χ4n) is 0.657. The lowest BCUT2D eigenvalue weighted by molar-refractivity contribution is -0.0326. The summed E-state index contributed by atoms with van der Waals surface area (Å²) in [6.07, 6.45) is 0. The summed E-state index contributed by atoms with van der Waals surface area (Å²) in [5, 5.41) is 0. The maximum Gasteiger partial charge on any atom is 0.442 e. The number of rotatable bonds is 6. The molecule has 0 spiro atoms. The molecule has 0 fully saturated rings. The van der Waals surface area contributed by atoms with Gasteiger partial charge in [-0.15, -0.1) is 0 Å². The van der Waals surface area contributed by atoms with Crippen molar-refractivity contribution in [2.45, 2.75) is 19.4 Å². The quantitative estimate of drug-likeness (QED) is 0.678. The number of hydrogen-bond donors (Lipinski definition) is 0. The first-order valence-electron chi connectivity index (χ1n) is 3.92. The van der Waals surface area contributed by atoms with Crippen LogP contribution < -0.4 is 0 Å². The van der Waals surface area contributed by atoms with Gasteiger partial charge in [-0.25, -0.2) is 0 Å². The minimum absolute atomic E-state index is 0.0652. The molecule has 0 aliphatic carbocycles. The minimum atomic E-state index is -4.41. The van der Waals surface area contributed by atoms with Crippen LogP contribution in [0, 0.1) is 0 Å². The highest BCUT2D eigenvalue weighted by Crippen LogP contribution is 2.53. The van der Waals surface area contributed by atoms with Crippen molar-refractivity contribution in [2.24, 2.45) is 0 Å². The van der Waals surface area contributed by atoms with Crippen LogP contribution in [0.5, 0.6) is 0 Å². The first-order valence-corrected chi connectivity index (χ1v) is 6.63. The largest absolute Gasteiger partial charge is 0.442 e. The predicted octanol–water partition coefficient (Wildman–Crippen LogP) is 3.46. The number of hydrogen-bond acceptors (Lipinski definition) is 4. The van der Waals surface area contributed by atoms with E-state index in [9.17, 15) is 17.7 Å². The molecule has 14 heavy (non-hydrogen) atoms. The highest BCUT2D eigenvalue weighted by molar-refractivity contribution is 8.05. The van der Waals surface area contributed by atoms with Crippen LogP contribution in [0.2, 0.25) is 0 Å². The fraction of sp³-hybridized carbons (Fsp3) is 1.00. The molecule has 0 radical (unpaired) electrons. The molecular formula is C6H12F3O3PS. The normalized spacial score (nSPS) is 13.2. The Bertz CT molecular complexity index is 199. The molecule has 0 unspecified atom stereocenters. The van der Waals surface area contributed by atoms with Gasteiger partial charge in [0.1, 0.15) is 5.49 Å². The molecule has 3 nitrogen and oxygen atoms in total. The Morgan fingerprint density at radius 2 is 1.64 bits per heavy atom. The number of thioether (sulfide) groups is 1. The van der Waals surface area contributed by atoms with E-state index in [-0.39, 0.29) is 13.2 Å². The summed E-state index contributed by atoms with van der Waals surface area (Å²) in [5.41, 5.74) is -5.11. The molecule has 0 heterocycles. The van der Waals surface area contributed by atoms with Crippen molar-refractivity contribution >= 4 is 19.4 Å². The lowest BCUT2D eigenvalue weighted by atomic mass is 10.9. The van der Waals surface area contributed by atoms with Gasteiger partial charge in [-0.2, -0.15) is 13.2 Å². The summed E-state index contributed by atoms with van der Waals surface area (Å²) in [6, 6.07) is 0. The third-order valence-electron chi connectivity index (χ3n) is 1.04. The fourth-order valence-corrected chi connectivity index (χ4v) is 3.33. The van der Waals surface area contributed by atoms with Crippen molar-refractivity contribution in [3.63, 3.8) is 0 Å². The van der Waals surface area contributed by atoms with E-state index in [0.29, 0.717) is 0 Å². The Morgan fingerprint density at radius 1 is 1.21 bits per heavy atom. The molecule has 0 aliphatic heterocycles. The van der Waals surface area contributed by atoms with E-state index in [1.807, 2.05) is 0 Å². The van der Waals surface area contributed by atoms with E-state index in [1.165, 1.54) is 0 Å². The van der Waals surface area contributed by atoms with Crippen LogP contribution in [-0.2, 0) is 13.6 Å². The summed E-state index contributed by atoms with van der Waals surface area (Å²) in [5.74, 6) is 0. The molecule has 0 N–H and O–H groups in total. The van der Waals surface area contributed by atoms with Crippen LogP contribution >= 0.6 is 19.4 Å². The molecule has 0 bridgehead atoms. The van der Waals surface area contributed by atoms with Gasteiger partial charge in [0.15, 0.2) is 0 Å². The second-order valence-electron chi connectivity index (χ2n) is 2.17. The van der Waals surface area contributed by atoms with Gasteiger partial charge < -0.3 is 9.05 Å². The minimum Gasteiger partial charge on any atom is -0.308 e. The molecule has 0 aromatic carbocycles. The first-order chi connectivity index (χ1) is 6.33. The second-order valence-corrected chi connectivity index (χ2v) is 5.69. The highest BCUT2D eigenvalue weighted by atomic mass is 32.2. The van der Waals surface area contributed by atoms with Gasteiger partial charge in [0.25, 0.3) is 0 Å². The smallest absolute Gasteiger partial charge is 0.308 e. The van der Waals surface area contributed by atoms with Crippen molar-refractivity contribution in [3.8, 4) is 0 Å². The third-order valence-corrected chi connectivity index (χ3v) is 4.45. The van der Waals surface area contributed by atoms with E-state index in [1.54, 1.807) is 13.8 Å². The Hall–Kier alpha value is 0.290. The zero-order chi connectivity index (χ0) is 11.2. The zero-order valence-electron chi connectivity index (χ0n) is 7.84. The standard InChI is InChI=1S/C6H12F3O3PS/c1-3-11-13(10,12-4-2)5-14-6(7,8)9/h3-5H2,1-2H3. The molecule has 0 saturated carbocycles. The molecule has 8 heteroatoms. The lowest BCUT2D eigenvalue weighted by Gasteiger charge is -2.16. The topological polar surface area (TPSA) is 35.5 Å². The second kappa shape index (κ2) is 6.00.